The van der Waals surface area contributed by atoms with Gasteiger partial charge in [-0.3, -0.25) is 0 Å². The fourth-order valence-corrected chi connectivity index (χ4v) is 1.66. The van der Waals surface area contributed by atoms with Gasteiger partial charge in [0.25, 0.3) is 0 Å². The number of hydrogen-bond acceptors (Lipinski definition) is 2. The SMILES string of the molecule is NC1C=C(c2ccccc2F)CNC1. The number of benzene rings is 1. The van der Waals surface area contributed by atoms with E-state index in [2.05, 4.69) is 5.32 Å². The largest absolute Gasteiger partial charge is 0.323 e. The van der Waals surface area contributed by atoms with Crippen LogP contribution in [-0.2, 0) is 0 Å². The molecule has 0 saturated heterocycles. The molecule has 1 aliphatic rings. The van der Waals surface area contributed by atoms with Gasteiger partial charge in [0.1, 0.15) is 5.82 Å². The minimum absolute atomic E-state index is 0.0154. The van der Waals surface area contributed by atoms with Crippen molar-refractivity contribution in [2.75, 3.05) is 13.1 Å². The summed E-state index contributed by atoms with van der Waals surface area (Å²) in [5, 5.41) is 3.15. The maximum Gasteiger partial charge on any atom is 0.130 e. The van der Waals surface area contributed by atoms with Crippen molar-refractivity contribution in [3.8, 4) is 0 Å². The highest BCUT2D eigenvalue weighted by molar-refractivity contribution is 5.68. The van der Waals surface area contributed by atoms with Gasteiger partial charge in [0.05, 0.1) is 0 Å². The van der Waals surface area contributed by atoms with E-state index in [9.17, 15) is 4.39 Å². The molecule has 0 aliphatic carbocycles. The Kier molecular flexibility index (Phi) is 2.61. The third-order valence-electron chi connectivity index (χ3n) is 2.33. The van der Waals surface area contributed by atoms with E-state index in [1.54, 1.807) is 12.1 Å². The van der Waals surface area contributed by atoms with E-state index in [4.69, 9.17) is 5.73 Å². The van der Waals surface area contributed by atoms with E-state index in [-0.39, 0.29) is 11.9 Å². The average molecular weight is 192 g/mol. The zero-order chi connectivity index (χ0) is 9.97. The van der Waals surface area contributed by atoms with Crippen molar-refractivity contribution in [1.29, 1.82) is 0 Å². The molecule has 3 N–H and O–H groups in total. The number of nitrogens with one attached hydrogen (secondary N) is 1. The quantitative estimate of drug-likeness (QED) is 0.700. The van der Waals surface area contributed by atoms with E-state index in [0.717, 1.165) is 12.1 Å². The molecule has 1 atom stereocenters. The van der Waals surface area contributed by atoms with Crippen molar-refractivity contribution in [1.82, 2.24) is 5.32 Å². The molecule has 0 saturated carbocycles. The highest BCUT2D eigenvalue weighted by Gasteiger charge is 2.12. The Hall–Kier alpha value is -1.19. The molecule has 2 nitrogen and oxygen atoms in total. The van der Waals surface area contributed by atoms with Crippen molar-refractivity contribution in [3.05, 3.63) is 41.7 Å². The molecule has 3 heteroatoms. The second kappa shape index (κ2) is 3.90. The predicted octanol–water partition coefficient (Wildman–Crippen LogP) is 1.14. The lowest BCUT2D eigenvalue weighted by molar-refractivity contribution is 0.617. The van der Waals surface area contributed by atoms with Crippen LogP contribution >= 0.6 is 0 Å². The van der Waals surface area contributed by atoms with E-state index in [0.29, 0.717) is 12.1 Å². The minimum Gasteiger partial charge on any atom is -0.323 e. The van der Waals surface area contributed by atoms with Gasteiger partial charge in [-0.05, 0) is 11.6 Å². The second-order valence-corrected chi connectivity index (χ2v) is 3.47. The van der Waals surface area contributed by atoms with Crippen molar-refractivity contribution in [2.45, 2.75) is 6.04 Å². The Labute approximate surface area is 82.6 Å². The molecular formula is C11H13FN2. The summed E-state index contributed by atoms with van der Waals surface area (Å²) in [6.07, 6.45) is 1.93. The summed E-state index contributed by atoms with van der Waals surface area (Å²) in [7, 11) is 0. The summed E-state index contributed by atoms with van der Waals surface area (Å²) < 4.78 is 13.4. The normalized spacial score (nSPS) is 21.9. The monoisotopic (exact) mass is 192 g/mol. The van der Waals surface area contributed by atoms with Crippen LogP contribution < -0.4 is 11.1 Å². The van der Waals surface area contributed by atoms with E-state index in [1.165, 1.54) is 6.07 Å². The molecule has 1 unspecified atom stereocenters. The zero-order valence-corrected chi connectivity index (χ0v) is 7.83. The lowest BCUT2D eigenvalue weighted by atomic mass is 10.0. The molecule has 14 heavy (non-hydrogen) atoms. The van der Waals surface area contributed by atoms with Crippen LogP contribution in [0.4, 0.5) is 4.39 Å². The first-order valence-electron chi connectivity index (χ1n) is 4.69. The number of halogens is 1. The number of nitrogens with two attached hydrogens (primary N) is 1. The molecule has 1 aliphatic heterocycles. The minimum atomic E-state index is -0.186. The fourth-order valence-electron chi connectivity index (χ4n) is 1.66. The fraction of sp³-hybridized carbons (Fsp3) is 0.273. The molecule has 0 spiro atoms. The average Bonchev–Trinajstić information content (AvgIpc) is 2.18. The zero-order valence-electron chi connectivity index (χ0n) is 7.83. The molecule has 0 aromatic heterocycles. The van der Waals surface area contributed by atoms with Crippen LogP contribution in [0.25, 0.3) is 5.57 Å². The predicted molar refractivity (Wildman–Crippen MR) is 55.2 cm³/mol. The highest BCUT2D eigenvalue weighted by Crippen LogP contribution is 2.19. The first kappa shape index (κ1) is 9.37. The van der Waals surface area contributed by atoms with Crippen LogP contribution in [0.3, 0.4) is 0 Å². The molecule has 0 bridgehead atoms. The lowest BCUT2D eigenvalue weighted by Gasteiger charge is -2.19. The van der Waals surface area contributed by atoms with E-state index in [1.807, 2.05) is 12.1 Å². The van der Waals surface area contributed by atoms with Gasteiger partial charge in [-0.15, -0.1) is 0 Å². The maximum absolute atomic E-state index is 13.4. The van der Waals surface area contributed by atoms with Crippen molar-refractivity contribution in [3.63, 3.8) is 0 Å². The summed E-state index contributed by atoms with van der Waals surface area (Å²) in [5.41, 5.74) is 7.35. The van der Waals surface area contributed by atoms with Gasteiger partial charge in [-0.1, -0.05) is 24.3 Å². The Morgan fingerprint density at radius 3 is 2.86 bits per heavy atom. The molecule has 0 amide bonds. The Bertz CT molecular complexity index is 360. The van der Waals surface area contributed by atoms with Gasteiger partial charge < -0.3 is 11.1 Å². The van der Waals surface area contributed by atoms with Crippen LogP contribution in [-0.4, -0.2) is 19.1 Å². The van der Waals surface area contributed by atoms with Crippen molar-refractivity contribution in [2.24, 2.45) is 5.73 Å². The first-order chi connectivity index (χ1) is 6.77. The highest BCUT2D eigenvalue weighted by atomic mass is 19.1. The molecule has 0 radical (unpaired) electrons. The Morgan fingerprint density at radius 1 is 1.36 bits per heavy atom. The van der Waals surface area contributed by atoms with Gasteiger partial charge in [-0.25, -0.2) is 4.39 Å². The Balaban J connectivity index is 2.35. The van der Waals surface area contributed by atoms with Gasteiger partial charge in [-0.2, -0.15) is 0 Å². The third kappa shape index (κ3) is 1.84. The van der Waals surface area contributed by atoms with Crippen LogP contribution in [0.2, 0.25) is 0 Å². The molecular weight excluding hydrogens is 179 g/mol. The van der Waals surface area contributed by atoms with Crippen LogP contribution in [0.1, 0.15) is 5.56 Å². The number of hydrogen-bond donors (Lipinski definition) is 2. The first-order valence-corrected chi connectivity index (χ1v) is 4.69. The summed E-state index contributed by atoms with van der Waals surface area (Å²) in [6, 6.07) is 6.75. The third-order valence-corrected chi connectivity index (χ3v) is 2.33. The molecule has 2 rings (SSSR count). The maximum atomic E-state index is 13.4. The van der Waals surface area contributed by atoms with Crippen LogP contribution in [0.15, 0.2) is 30.3 Å². The standard InChI is InChI=1S/C11H13FN2/c12-11-4-2-1-3-10(11)8-5-9(13)7-14-6-8/h1-5,9,14H,6-7,13H2. The Morgan fingerprint density at radius 2 is 2.14 bits per heavy atom. The molecule has 74 valence electrons. The summed E-state index contributed by atoms with van der Waals surface area (Å²) in [4.78, 5) is 0. The summed E-state index contributed by atoms with van der Waals surface area (Å²) in [6.45, 7) is 1.45. The second-order valence-electron chi connectivity index (χ2n) is 3.47. The van der Waals surface area contributed by atoms with Gasteiger partial charge in [0, 0.05) is 24.7 Å². The van der Waals surface area contributed by atoms with Gasteiger partial charge in [0.2, 0.25) is 0 Å². The summed E-state index contributed by atoms with van der Waals surface area (Å²) >= 11 is 0. The van der Waals surface area contributed by atoms with Gasteiger partial charge >= 0.3 is 0 Å². The topological polar surface area (TPSA) is 38.0 Å². The van der Waals surface area contributed by atoms with Crippen LogP contribution in [0.5, 0.6) is 0 Å². The smallest absolute Gasteiger partial charge is 0.130 e. The molecule has 1 aromatic carbocycles. The molecule has 1 aromatic rings. The molecule has 1 heterocycles. The van der Waals surface area contributed by atoms with E-state index < -0.39 is 0 Å². The van der Waals surface area contributed by atoms with Crippen LogP contribution in [0, 0.1) is 5.82 Å². The molecule has 0 fully saturated rings. The summed E-state index contributed by atoms with van der Waals surface area (Å²) in [5.74, 6) is -0.186. The lowest BCUT2D eigenvalue weighted by Crippen LogP contribution is -2.37. The number of rotatable bonds is 1. The van der Waals surface area contributed by atoms with E-state index >= 15 is 0 Å². The van der Waals surface area contributed by atoms with Gasteiger partial charge in [0.15, 0.2) is 0 Å². The van der Waals surface area contributed by atoms with Crippen molar-refractivity contribution < 1.29 is 4.39 Å². The van der Waals surface area contributed by atoms with Crippen molar-refractivity contribution >= 4 is 5.57 Å².